The fourth-order valence-corrected chi connectivity index (χ4v) is 5.29. The molecule has 4 rings (SSSR count). The fourth-order valence-electron chi connectivity index (χ4n) is 5.29. The number of methoxy groups -OCH3 is 1. The second-order valence-electron chi connectivity index (χ2n) is 10.5. The molecule has 1 aliphatic heterocycles. The average Bonchev–Trinajstić information content (AvgIpc) is 3.46. The van der Waals surface area contributed by atoms with Crippen LogP contribution in [0.4, 0.5) is 0 Å². The molecule has 2 heterocycles. The predicted octanol–water partition coefficient (Wildman–Crippen LogP) is 3.38. The number of hydrogen-bond donors (Lipinski definition) is 2. The molecule has 1 saturated heterocycles. The van der Waals surface area contributed by atoms with Crippen LogP contribution in [0.2, 0.25) is 0 Å². The molecule has 8 heteroatoms. The van der Waals surface area contributed by atoms with E-state index < -0.39 is 17.9 Å². The lowest BCUT2D eigenvalue weighted by molar-refractivity contribution is -0.151. The van der Waals surface area contributed by atoms with Crippen molar-refractivity contribution in [2.75, 3.05) is 13.7 Å². The van der Waals surface area contributed by atoms with Gasteiger partial charge in [0.25, 0.3) is 5.91 Å². The van der Waals surface area contributed by atoms with Gasteiger partial charge in [0, 0.05) is 29.7 Å². The van der Waals surface area contributed by atoms with Crippen molar-refractivity contribution in [3.05, 3.63) is 48.2 Å². The van der Waals surface area contributed by atoms with Crippen molar-refractivity contribution in [3.63, 3.8) is 0 Å². The Hall–Kier alpha value is -3.13. The molecule has 188 valence electrons. The number of hydrogen-bond acceptors (Lipinski definition) is 6. The molecule has 4 atom stereocenters. The molecule has 2 N–H and O–H groups in total. The molecule has 2 amide bonds. The summed E-state index contributed by atoms with van der Waals surface area (Å²) in [4.78, 5) is 40.5. The number of nitrogens with one attached hydrogen (secondary N) is 2. The summed E-state index contributed by atoms with van der Waals surface area (Å²) in [5, 5.41) is 6.40. The fraction of sp³-hybridized carbons (Fsp3) is 0.519. The van der Waals surface area contributed by atoms with Crippen LogP contribution in [0.15, 0.2) is 46.9 Å². The van der Waals surface area contributed by atoms with Crippen molar-refractivity contribution >= 4 is 17.8 Å². The normalized spacial score (nSPS) is 24.9. The third-order valence-electron chi connectivity index (χ3n) is 6.79. The van der Waals surface area contributed by atoms with Crippen LogP contribution in [0, 0.1) is 5.92 Å². The number of ether oxygens (including phenoxy) is 1. The Bertz CT molecular complexity index is 1060. The smallest absolute Gasteiger partial charge is 0.310 e. The highest BCUT2D eigenvalue weighted by Crippen LogP contribution is 2.33. The van der Waals surface area contributed by atoms with Gasteiger partial charge < -0.3 is 24.7 Å². The molecule has 0 radical (unpaired) electrons. The number of carbonyl (C=O) groups excluding carboxylic acids is 3. The van der Waals surface area contributed by atoms with Gasteiger partial charge in [0.1, 0.15) is 11.8 Å². The molecule has 0 spiro atoms. The van der Waals surface area contributed by atoms with Crippen molar-refractivity contribution in [2.24, 2.45) is 5.92 Å². The van der Waals surface area contributed by atoms with Crippen LogP contribution in [0.5, 0.6) is 0 Å². The molecule has 2 fully saturated rings. The topological polar surface area (TPSA) is 101 Å². The Morgan fingerprint density at radius 2 is 1.80 bits per heavy atom. The SMILES string of the molecule is COC(=O)C1CC(NC(C)(C)C)CCC1N1CC[C@H](NC(=O)c2ccc(-c3ccccc3)o2)C1=O. The molecule has 2 aliphatic rings. The lowest BCUT2D eigenvalue weighted by Gasteiger charge is -2.41. The minimum Gasteiger partial charge on any atom is -0.469 e. The zero-order valence-corrected chi connectivity index (χ0v) is 20.9. The van der Waals surface area contributed by atoms with Gasteiger partial charge in [-0.25, -0.2) is 0 Å². The van der Waals surface area contributed by atoms with Gasteiger partial charge in [-0.15, -0.1) is 0 Å². The second-order valence-corrected chi connectivity index (χ2v) is 10.5. The first-order valence-corrected chi connectivity index (χ1v) is 12.3. The number of amides is 2. The largest absolute Gasteiger partial charge is 0.469 e. The number of esters is 1. The molecule has 35 heavy (non-hydrogen) atoms. The monoisotopic (exact) mass is 481 g/mol. The van der Waals surface area contributed by atoms with Crippen molar-refractivity contribution in [1.29, 1.82) is 0 Å². The summed E-state index contributed by atoms with van der Waals surface area (Å²) in [6.07, 6.45) is 2.68. The summed E-state index contributed by atoms with van der Waals surface area (Å²) in [6, 6.07) is 12.2. The summed E-state index contributed by atoms with van der Waals surface area (Å²) in [5.41, 5.74) is 0.809. The van der Waals surface area contributed by atoms with Gasteiger partial charge in [-0.05, 0) is 58.6 Å². The van der Waals surface area contributed by atoms with Gasteiger partial charge in [0.2, 0.25) is 5.91 Å². The number of nitrogens with zero attached hydrogens (tertiary/aromatic N) is 1. The van der Waals surface area contributed by atoms with Crippen LogP contribution in [0.25, 0.3) is 11.3 Å². The molecular formula is C27H35N3O5. The Morgan fingerprint density at radius 3 is 2.49 bits per heavy atom. The van der Waals surface area contributed by atoms with Crippen molar-refractivity contribution in [3.8, 4) is 11.3 Å². The molecule has 0 bridgehead atoms. The van der Waals surface area contributed by atoms with E-state index in [0.717, 1.165) is 12.0 Å². The van der Waals surface area contributed by atoms with E-state index in [9.17, 15) is 14.4 Å². The molecule has 1 aromatic heterocycles. The maximum atomic E-state index is 13.3. The van der Waals surface area contributed by atoms with Crippen LogP contribution in [0.1, 0.15) is 57.0 Å². The van der Waals surface area contributed by atoms with Crippen molar-refractivity contribution in [2.45, 2.75) is 70.1 Å². The first kappa shape index (κ1) is 25.0. The zero-order chi connectivity index (χ0) is 25.2. The Balaban J connectivity index is 1.41. The maximum absolute atomic E-state index is 13.3. The van der Waals surface area contributed by atoms with Crippen molar-refractivity contribution < 1.29 is 23.5 Å². The number of carbonyl (C=O) groups is 3. The van der Waals surface area contributed by atoms with Crippen LogP contribution in [-0.4, -0.2) is 60.0 Å². The van der Waals surface area contributed by atoms with Crippen LogP contribution >= 0.6 is 0 Å². The molecule has 2 aromatic rings. The number of rotatable bonds is 6. The van der Waals surface area contributed by atoms with Gasteiger partial charge in [-0.2, -0.15) is 0 Å². The van der Waals surface area contributed by atoms with Gasteiger partial charge in [-0.1, -0.05) is 30.3 Å². The summed E-state index contributed by atoms with van der Waals surface area (Å²) in [5.74, 6) is -0.512. The summed E-state index contributed by atoms with van der Waals surface area (Å²) < 4.78 is 10.8. The quantitative estimate of drug-likeness (QED) is 0.614. The summed E-state index contributed by atoms with van der Waals surface area (Å²) in [6.45, 7) is 6.80. The van der Waals surface area contributed by atoms with E-state index in [0.29, 0.717) is 31.6 Å². The van der Waals surface area contributed by atoms with Gasteiger partial charge >= 0.3 is 5.97 Å². The van der Waals surface area contributed by atoms with E-state index >= 15 is 0 Å². The van der Waals surface area contributed by atoms with E-state index in [1.54, 1.807) is 17.0 Å². The molecule has 1 aliphatic carbocycles. The Labute approximate surface area is 206 Å². The summed E-state index contributed by atoms with van der Waals surface area (Å²) in [7, 11) is 1.39. The average molecular weight is 482 g/mol. The van der Waals surface area contributed by atoms with E-state index in [-0.39, 0.29) is 35.3 Å². The lowest BCUT2D eigenvalue weighted by Crippen LogP contribution is -2.55. The minimum atomic E-state index is -0.642. The third kappa shape index (κ3) is 5.75. The van der Waals surface area contributed by atoms with Gasteiger partial charge in [0.15, 0.2) is 5.76 Å². The third-order valence-corrected chi connectivity index (χ3v) is 6.79. The van der Waals surface area contributed by atoms with Crippen LogP contribution in [-0.2, 0) is 14.3 Å². The molecular weight excluding hydrogens is 446 g/mol. The van der Waals surface area contributed by atoms with E-state index in [4.69, 9.17) is 9.15 Å². The lowest BCUT2D eigenvalue weighted by atomic mass is 9.80. The van der Waals surface area contributed by atoms with Gasteiger partial charge in [-0.3, -0.25) is 14.4 Å². The maximum Gasteiger partial charge on any atom is 0.310 e. The zero-order valence-electron chi connectivity index (χ0n) is 20.9. The molecule has 1 aromatic carbocycles. The minimum absolute atomic E-state index is 0.0662. The van der Waals surface area contributed by atoms with E-state index in [1.807, 2.05) is 30.3 Å². The van der Waals surface area contributed by atoms with Crippen LogP contribution in [0.3, 0.4) is 0 Å². The predicted molar refractivity (Wildman–Crippen MR) is 132 cm³/mol. The highest BCUT2D eigenvalue weighted by molar-refractivity contribution is 5.96. The van der Waals surface area contributed by atoms with Gasteiger partial charge in [0.05, 0.1) is 13.0 Å². The second kappa shape index (κ2) is 10.2. The van der Waals surface area contributed by atoms with E-state index in [1.165, 1.54) is 7.11 Å². The summed E-state index contributed by atoms with van der Waals surface area (Å²) >= 11 is 0. The molecule has 3 unspecified atom stereocenters. The van der Waals surface area contributed by atoms with Crippen molar-refractivity contribution in [1.82, 2.24) is 15.5 Å². The number of likely N-dealkylation sites (tertiary alicyclic amines) is 1. The molecule has 1 saturated carbocycles. The highest BCUT2D eigenvalue weighted by atomic mass is 16.5. The first-order chi connectivity index (χ1) is 16.7. The first-order valence-electron chi connectivity index (χ1n) is 12.3. The number of benzene rings is 1. The molecule has 8 nitrogen and oxygen atoms in total. The van der Waals surface area contributed by atoms with E-state index in [2.05, 4.69) is 31.4 Å². The Morgan fingerprint density at radius 1 is 1.06 bits per heavy atom. The van der Waals surface area contributed by atoms with Crippen LogP contribution < -0.4 is 10.6 Å². The standard InChI is InChI=1S/C27H35N3O5/c1-27(2,3)29-18-10-11-21(19(16-18)26(33)34-4)30-15-14-20(25(30)32)28-24(31)23-13-12-22(35-23)17-8-6-5-7-9-17/h5-9,12-13,18-21,29H,10-11,14-16H2,1-4H3,(H,28,31)/t18?,19?,20-,21?/m0/s1. The highest BCUT2D eigenvalue weighted by Gasteiger charge is 2.45. The Kier molecular flexibility index (Phi) is 7.31. The number of furan rings is 1.